The molecular formula is C27H33N3O3S. The second kappa shape index (κ2) is 10.0. The van der Waals surface area contributed by atoms with Crippen LogP contribution in [0.4, 0.5) is 5.69 Å². The van der Waals surface area contributed by atoms with Gasteiger partial charge in [-0.05, 0) is 43.6 Å². The predicted molar refractivity (Wildman–Crippen MR) is 137 cm³/mol. The molecule has 1 saturated heterocycles. The van der Waals surface area contributed by atoms with Crippen LogP contribution in [0.5, 0.6) is 0 Å². The molecule has 0 radical (unpaired) electrons. The van der Waals surface area contributed by atoms with Gasteiger partial charge in [-0.1, -0.05) is 54.6 Å². The third-order valence-electron chi connectivity index (χ3n) is 7.32. The number of pyridine rings is 1. The Hall–Kier alpha value is -2.48. The first-order valence-corrected chi connectivity index (χ1v) is 14.1. The average molecular weight is 480 g/mol. The number of nitrogens with one attached hydrogen (secondary N) is 1. The zero-order chi connectivity index (χ0) is 23.5. The van der Waals surface area contributed by atoms with Crippen molar-refractivity contribution < 1.29 is 13.2 Å². The Kier molecular flexibility index (Phi) is 6.86. The van der Waals surface area contributed by atoms with Gasteiger partial charge >= 0.3 is 0 Å². The molecule has 1 aliphatic heterocycles. The van der Waals surface area contributed by atoms with Crippen LogP contribution in [-0.4, -0.2) is 51.0 Å². The summed E-state index contributed by atoms with van der Waals surface area (Å²) >= 11 is 0. The van der Waals surface area contributed by atoms with Gasteiger partial charge in [-0.2, -0.15) is 0 Å². The number of ether oxygens (including phenoxy) is 1. The number of aromatic nitrogens is 1. The maximum absolute atomic E-state index is 12.1. The van der Waals surface area contributed by atoms with Crippen LogP contribution in [0.2, 0.25) is 0 Å². The summed E-state index contributed by atoms with van der Waals surface area (Å²) in [4.78, 5) is 6.74. The Bertz CT molecular complexity index is 1200. The molecular weight excluding hydrogens is 446 g/mol. The zero-order valence-corrected chi connectivity index (χ0v) is 20.5. The largest absolute Gasteiger partial charge is 0.376 e. The molecule has 2 aliphatic rings. The third-order valence-corrected chi connectivity index (χ3v) is 8.05. The molecule has 0 bridgehead atoms. The van der Waals surface area contributed by atoms with Crippen molar-refractivity contribution in [2.45, 2.75) is 56.2 Å². The highest BCUT2D eigenvalue weighted by Gasteiger charge is 2.37. The molecule has 2 aromatic carbocycles. The fourth-order valence-corrected chi connectivity index (χ4v) is 6.45. The molecule has 3 aromatic rings. The van der Waals surface area contributed by atoms with Gasteiger partial charge in [-0.3, -0.25) is 4.98 Å². The van der Waals surface area contributed by atoms with E-state index in [0.29, 0.717) is 12.5 Å². The van der Waals surface area contributed by atoms with Gasteiger partial charge in [0.05, 0.1) is 36.9 Å². The van der Waals surface area contributed by atoms with Crippen molar-refractivity contribution in [3.63, 3.8) is 0 Å². The van der Waals surface area contributed by atoms with Crippen LogP contribution < -0.4 is 9.62 Å². The maximum atomic E-state index is 12.1. The van der Waals surface area contributed by atoms with Crippen LogP contribution in [0.25, 0.3) is 10.8 Å². The van der Waals surface area contributed by atoms with E-state index in [9.17, 15) is 8.42 Å². The van der Waals surface area contributed by atoms with Gasteiger partial charge in [0.2, 0.25) is 10.0 Å². The van der Waals surface area contributed by atoms with E-state index < -0.39 is 10.0 Å². The molecule has 0 unspecified atom stereocenters. The topological polar surface area (TPSA) is 71.5 Å². The minimum atomic E-state index is -3.32. The van der Waals surface area contributed by atoms with Gasteiger partial charge in [-0.25, -0.2) is 13.1 Å². The van der Waals surface area contributed by atoms with Crippen molar-refractivity contribution >= 4 is 26.5 Å². The molecule has 180 valence electrons. The van der Waals surface area contributed by atoms with Crippen LogP contribution in [0.3, 0.4) is 0 Å². The van der Waals surface area contributed by atoms with Crippen LogP contribution in [0, 0.1) is 0 Å². The maximum Gasteiger partial charge on any atom is 0.209 e. The molecule has 1 aromatic heterocycles. The summed E-state index contributed by atoms with van der Waals surface area (Å²) in [5.41, 5.74) is 2.46. The highest BCUT2D eigenvalue weighted by atomic mass is 32.2. The molecule has 2 fully saturated rings. The van der Waals surface area contributed by atoms with E-state index in [1.165, 1.54) is 11.8 Å². The van der Waals surface area contributed by atoms with Crippen LogP contribution in [0.15, 0.2) is 67.0 Å². The molecule has 5 rings (SSSR count). The number of hydrogen-bond acceptors (Lipinski definition) is 5. The van der Waals surface area contributed by atoms with Gasteiger partial charge in [-0.15, -0.1) is 0 Å². The Morgan fingerprint density at radius 2 is 1.71 bits per heavy atom. The molecule has 1 saturated carbocycles. The number of anilines is 1. The number of sulfonamides is 1. The van der Waals surface area contributed by atoms with E-state index in [1.807, 2.05) is 24.5 Å². The summed E-state index contributed by atoms with van der Waals surface area (Å²) in [5.74, 6) is 0.602. The lowest BCUT2D eigenvalue weighted by atomic mass is 9.83. The fourth-order valence-electron chi connectivity index (χ4n) is 5.62. The van der Waals surface area contributed by atoms with E-state index in [2.05, 4.69) is 57.1 Å². The second-order valence-electron chi connectivity index (χ2n) is 9.64. The predicted octanol–water partition coefficient (Wildman–Crippen LogP) is 4.47. The molecule has 7 heteroatoms. The van der Waals surface area contributed by atoms with Crippen LogP contribution >= 0.6 is 0 Å². The fraction of sp³-hybridized carbons (Fsp3) is 0.444. The summed E-state index contributed by atoms with van der Waals surface area (Å²) in [6, 6.07) is 18.7. The van der Waals surface area contributed by atoms with Crippen LogP contribution in [0.1, 0.15) is 43.6 Å². The summed E-state index contributed by atoms with van der Waals surface area (Å²) in [5, 5.41) is 2.21. The minimum absolute atomic E-state index is 0.0748. The number of hydrogen-bond donors (Lipinski definition) is 1. The van der Waals surface area contributed by atoms with E-state index in [4.69, 9.17) is 4.74 Å². The van der Waals surface area contributed by atoms with Gasteiger partial charge in [0.15, 0.2) is 0 Å². The zero-order valence-electron chi connectivity index (χ0n) is 19.6. The standard InChI is InChI=1S/C27H33N3O3S/c1-34(31,32)29-25-15-16-30(26-18-28-17-22-9-5-6-10-24(22)26)27(25)19-33-23-13-11-21(12-14-23)20-7-3-2-4-8-20/h2-10,17-18,21,23,25,27,29H,11-16,19H2,1H3/t21?,23?,25-,27-/m0/s1. The van der Waals surface area contributed by atoms with E-state index >= 15 is 0 Å². The normalized spacial score (nSPS) is 25.6. The molecule has 2 heterocycles. The monoisotopic (exact) mass is 479 g/mol. The Balaban J connectivity index is 1.30. The summed E-state index contributed by atoms with van der Waals surface area (Å²) in [6.45, 7) is 1.26. The second-order valence-corrected chi connectivity index (χ2v) is 11.4. The molecule has 0 spiro atoms. The van der Waals surface area contributed by atoms with Crippen molar-refractivity contribution in [3.8, 4) is 0 Å². The first-order chi connectivity index (χ1) is 16.5. The summed E-state index contributed by atoms with van der Waals surface area (Å²) < 4.78 is 33.5. The molecule has 0 amide bonds. The van der Waals surface area contributed by atoms with Crippen molar-refractivity contribution in [2.75, 3.05) is 24.3 Å². The highest BCUT2D eigenvalue weighted by Crippen LogP contribution is 2.35. The Morgan fingerprint density at radius 1 is 0.971 bits per heavy atom. The first-order valence-electron chi connectivity index (χ1n) is 12.2. The van der Waals surface area contributed by atoms with Crippen molar-refractivity contribution in [1.29, 1.82) is 0 Å². The Labute approximate surface area is 202 Å². The minimum Gasteiger partial charge on any atom is -0.376 e. The van der Waals surface area contributed by atoms with Gasteiger partial charge < -0.3 is 9.64 Å². The average Bonchev–Trinajstić information content (AvgIpc) is 3.23. The van der Waals surface area contributed by atoms with E-state index in [-0.39, 0.29) is 18.2 Å². The highest BCUT2D eigenvalue weighted by molar-refractivity contribution is 7.88. The number of nitrogens with zero attached hydrogens (tertiary/aromatic N) is 2. The number of fused-ring (bicyclic) bond motifs is 1. The lowest BCUT2D eigenvalue weighted by molar-refractivity contribution is 0.0157. The molecule has 1 aliphatic carbocycles. The smallest absolute Gasteiger partial charge is 0.209 e. The van der Waals surface area contributed by atoms with Crippen molar-refractivity contribution in [1.82, 2.24) is 9.71 Å². The number of rotatable bonds is 7. The van der Waals surface area contributed by atoms with E-state index in [0.717, 1.165) is 55.1 Å². The van der Waals surface area contributed by atoms with Gasteiger partial charge in [0, 0.05) is 29.6 Å². The lowest BCUT2D eigenvalue weighted by Gasteiger charge is -2.34. The molecule has 34 heavy (non-hydrogen) atoms. The molecule has 2 atom stereocenters. The van der Waals surface area contributed by atoms with Gasteiger partial charge in [0.25, 0.3) is 0 Å². The van der Waals surface area contributed by atoms with Crippen LogP contribution in [-0.2, 0) is 14.8 Å². The lowest BCUT2D eigenvalue weighted by Crippen LogP contribution is -2.48. The molecule has 1 N–H and O–H groups in total. The van der Waals surface area contributed by atoms with E-state index in [1.54, 1.807) is 0 Å². The summed E-state index contributed by atoms with van der Waals surface area (Å²) in [7, 11) is -3.32. The van der Waals surface area contributed by atoms with Crippen molar-refractivity contribution in [2.24, 2.45) is 0 Å². The number of benzene rings is 2. The van der Waals surface area contributed by atoms with Gasteiger partial charge in [0.1, 0.15) is 0 Å². The summed E-state index contributed by atoms with van der Waals surface area (Å²) in [6.07, 6.45) is 10.3. The SMILES string of the molecule is CS(=O)(=O)N[C@H]1CCN(c2cncc3ccccc23)[C@H]1COC1CCC(c2ccccc2)CC1. The molecule has 6 nitrogen and oxygen atoms in total. The first kappa shape index (κ1) is 23.3. The third kappa shape index (κ3) is 5.27. The Morgan fingerprint density at radius 3 is 2.47 bits per heavy atom. The van der Waals surface area contributed by atoms with Crippen molar-refractivity contribution in [3.05, 3.63) is 72.6 Å². The quantitative estimate of drug-likeness (QED) is 0.541.